The molecule has 0 atom stereocenters. The molecule has 0 aliphatic carbocycles. The molecule has 0 aromatic carbocycles. The lowest BCUT2D eigenvalue weighted by atomic mass is 10.2. The molecule has 5 nitrogen and oxygen atoms in total. The Bertz CT molecular complexity index is 524. The van der Waals surface area contributed by atoms with Crippen molar-refractivity contribution >= 4 is 27.3 Å². The molecule has 0 aliphatic rings. The maximum Gasteiger partial charge on any atom is 0.220 e. The maximum atomic E-state index is 11.7. The van der Waals surface area contributed by atoms with Crippen LogP contribution in [-0.2, 0) is 21.2 Å². The van der Waals surface area contributed by atoms with Gasteiger partial charge in [-0.25, -0.2) is 8.42 Å². The highest BCUT2D eigenvalue weighted by molar-refractivity contribution is 7.88. The monoisotopic (exact) mass is 332 g/mol. The normalized spacial score (nSPS) is 12.0. The molecule has 1 N–H and O–H groups in total. The average Bonchev–Trinajstić information content (AvgIpc) is 2.87. The summed E-state index contributed by atoms with van der Waals surface area (Å²) >= 11 is 1.63. The van der Waals surface area contributed by atoms with Crippen LogP contribution in [0.1, 0.15) is 32.3 Å². The van der Waals surface area contributed by atoms with Crippen LogP contribution in [0.5, 0.6) is 0 Å². The third kappa shape index (κ3) is 7.06. The second-order valence-corrected chi connectivity index (χ2v) is 8.02. The molecule has 7 heteroatoms. The molecule has 0 radical (unpaired) electrons. The first-order chi connectivity index (χ1) is 9.80. The minimum atomic E-state index is -3.18. The van der Waals surface area contributed by atoms with Gasteiger partial charge in [0.05, 0.1) is 6.26 Å². The molecule has 120 valence electrons. The molecule has 0 saturated carbocycles. The molecule has 1 rings (SSSR count). The van der Waals surface area contributed by atoms with E-state index >= 15 is 0 Å². The molecule has 0 aliphatic heterocycles. The summed E-state index contributed by atoms with van der Waals surface area (Å²) in [5, 5.41) is 6.87. The molecule has 1 aromatic heterocycles. The highest BCUT2D eigenvalue weighted by Crippen LogP contribution is 2.08. The van der Waals surface area contributed by atoms with E-state index in [0.29, 0.717) is 25.9 Å². The molecule has 0 saturated heterocycles. The molecule has 1 amide bonds. The predicted molar refractivity (Wildman–Crippen MR) is 87.0 cm³/mol. The Morgan fingerprint density at radius 2 is 2.14 bits per heavy atom. The van der Waals surface area contributed by atoms with Crippen LogP contribution >= 0.6 is 11.3 Å². The Labute approximate surface area is 131 Å². The third-order valence-corrected chi connectivity index (χ3v) is 5.29. The van der Waals surface area contributed by atoms with E-state index in [4.69, 9.17) is 0 Å². The summed E-state index contributed by atoms with van der Waals surface area (Å²) in [5.41, 5.74) is 1.18. The third-order valence-electron chi connectivity index (χ3n) is 3.10. The zero-order valence-electron chi connectivity index (χ0n) is 12.8. The van der Waals surface area contributed by atoms with Crippen molar-refractivity contribution in [3.05, 3.63) is 22.4 Å². The molecule has 1 heterocycles. The predicted octanol–water partition coefficient (Wildman–Crippen LogP) is 1.86. The molecular weight excluding hydrogens is 308 g/mol. The SMILES string of the molecule is CC(C)N(CCCNC(=O)CCc1ccsc1)S(C)(=O)=O. The van der Waals surface area contributed by atoms with Crippen LogP contribution < -0.4 is 5.32 Å². The number of nitrogens with zero attached hydrogens (tertiary/aromatic N) is 1. The van der Waals surface area contributed by atoms with E-state index in [-0.39, 0.29) is 11.9 Å². The standard InChI is InChI=1S/C14H24N2O3S2/c1-12(2)16(21(3,18)19)9-4-8-15-14(17)6-5-13-7-10-20-11-13/h7,10-12H,4-6,8-9H2,1-3H3,(H,15,17). The molecular formula is C14H24N2O3S2. The van der Waals surface area contributed by atoms with E-state index in [1.807, 2.05) is 30.7 Å². The van der Waals surface area contributed by atoms with Gasteiger partial charge in [0.25, 0.3) is 0 Å². The molecule has 0 spiro atoms. The van der Waals surface area contributed by atoms with Gasteiger partial charge < -0.3 is 5.32 Å². The Balaban J connectivity index is 2.22. The number of thiophene rings is 1. The van der Waals surface area contributed by atoms with Crippen LogP contribution in [0.15, 0.2) is 16.8 Å². The summed E-state index contributed by atoms with van der Waals surface area (Å²) in [5.74, 6) is 0.0108. The van der Waals surface area contributed by atoms with E-state index in [2.05, 4.69) is 5.32 Å². The largest absolute Gasteiger partial charge is 0.356 e. The number of carbonyl (C=O) groups is 1. The van der Waals surface area contributed by atoms with E-state index in [1.165, 1.54) is 16.1 Å². The second-order valence-electron chi connectivity index (χ2n) is 5.30. The fourth-order valence-electron chi connectivity index (χ4n) is 2.05. The van der Waals surface area contributed by atoms with Gasteiger partial charge in [0.1, 0.15) is 0 Å². The van der Waals surface area contributed by atoms with Crippen molar-refractivity contribution in [2.75, 3.05) is 19.3 Å². The number of nitrogens with one attached hydrogen (secondary N) is 1. The van der Waals surface area contributed by atoms with Gasteiger partial charge in [-0.15, -0.1) is 0 Å². The van der Waals surface area contributed by atoms with Gasteiger partial charge in [-0.2, -0.15) is 15.6 Å². The van der Waals surface area contributed by atoms with Crippen molar-refractivity contribution in [3.8, 4) is 0 Å². The number of aryl methyl sites for hydroxylation is 1. The zero-order chi connectivity index (χ0) is 15.9. The van der Waals surface area contributed by atoms with Gasteiger partial charge in [-0.05, 0) is 49.1 Å². The smallest absolute Gasteiger partial charge is 0.220 e. The van der Waals surface area contributed by atoms with Crippen molar-refractivity contribution in [1.82, 2.24) is 9.62 Å². The van der Waals surface area contributed by atoms with Gasteiger partial charge >= 0.3 is 0 Å². The summed E-state index contributed by atoms with van der Waals surface area (Å²) in [6.45, 7) is 4.63. The van der Waals surface area contributed by atoms with E-state index in [0.717, 1.165) is 6.42 Å². The summed E-state index contributed by atoms with van der Waals surface area (Å²) in [7, 11) is -3.18. The van der Waals surface area contributed by atoms with E-state index in [9.17, 15) is 13.2 Å². The first-order valence-electron chi connectivity index (χ1n) is 7.05. The molecule has 0 bridgehead atoms. The lowest BCUT2D eigenvalue weighted by Crippen LogP contribution is -2.38. The number of carbonyl (C=O) groups excluding carboxylic acids is 1. The van der Waals surface area contributed by atoms with Crippen molar-refractivity contribution in [2.24, 2.45) is 0 Å². The van der Waals surface area contributed by atoms with Crippen molar-refractivity contribution in [2.45, 2.75) is 39.2 Å². The van der Waals surface area contributed by atoms with E-state index < -0.39 is 10.0 Å². The number of hydrogen-bond donors (Lipinski definition) is 1. The first-order valence-corrected chi connectivity index (χ1v) is 9.84. The van der Waals surface area contributed by atoms with E-state index in [1.54, 1.807) is 11.3 Å². The second kappa shape index (κ2) is 8.51. The summed E-state index contributed by atoms with van der Waals surface area (Å²) in [6, 6.07) is 1.96. The fraction of sp³-hybridized carbons (Fsp3) is 0.643. The number of hydrogen-bond acceptors (Lipinski definition) is 4. The Kier molecular flexibility index (Phi) is 7.34. The van der Waals surface area contributed by atoms with Gasteiger partial charge in [-0.3, -0.25) is 4.79 Å². The number of rotatable bonds is 9. The van der Waals surface area contributed by atoms with Crippen LogP contribution in [-0.4, -0.2) is 44.0 Å². The minimum Gasteiger partial charge on any atom is -0.356 e. The van der Waals surface area contributed by atoms with Crippen molar-refractivity contribution in [3.63, 3.8) is 0 Å². The van der Waals surface area contributed by atoms with Crippen LogP contribution in [0, 0.1) is 0 Å². The minimum absolute atomic E-state index is 0.0108. The van der Waals surface area contributed by atoms with Crippen LogP contribution in [0.25, 0.3) is 0 Å². The first kappa shape index (κ1) is 18.1. The topological polar surface area (TPSA) is 66.5 Å². The van der Waals surface area contributed by atoms with Crippen LogP contribution in [0.4, 0.5) is 0 Å². The maximum absolute atomic E-state index is 11.7. The Morgan fingerprint density at radius 1 is 1.43 bits per heavy atom. The summed E-state index contributed by atoms with van der Waals surface area (Å²) < 4.78 is 24.6. The molecule has 1 aromatic rings. The molecule has 21 heavy (non-hydrogen) atoms. The average molecular weight is 332 g/mol. The summed E-state index contributed by atoms with van der Waals surface area (Å²) in [4.78, 5) is 11.7. The fourth-order valence-corrected chi connectivity index (χ4v) is 3.98. The van der Waals surface area contributed by atoms with Crippen LogP contribution in [0.2, 0.25) is 0 Å². The Morgan fingerprint density at radius 3 is 2.67 bits per heavy atom. The highest BCUT2D eigenvalue weighted by atomic mass is 32.2. The van der Waals surface area contributed by atoms with Crippen molar-refractivity contribution in [1.29, 1.82) is 0 Å². The zero-order valence-corrected chi connectivity index (χ0v) is 14.5. The van der Waals surface area contributed by atoms with Crippen LogP contribution in [0.3, 0.4) is 0 Å². The van der Waals surface area contributed by atoms with Gasteiger partial charge in [-0.1, -0.05) is 0 Å². The summed E-state index contributed by atoms with van der Waals surface area (Å²) in [6.07, 6.45) is 3.05. The van der Waals surface area contributed by atoms with Gasteiger partial charge in [0, 0.05) is 25.6 Å². The van der Waals surface area contributed by atoms with Gasteiger partial charge in [0.2, 0.25) is 15.9 Å². The quantitative estimate of drug-likeness (QED) is 0.702. The van der Waals surface area contributed by atoms with Gasteiger partial charge in [0.15, 0.2) is 0 Å². The lowest BCUT2D eigenvalue weighted by Gasteiger charge is -2.23. The lowest BCUT2D eigenvalue weighted by molar-refractivity contribution is -0.121. The molecule has 0 fully saturated rings. The highest BCUT2D eigenvalue weighted by Gasteiger charge is 2.19. The molecule has 0 unspecified atom stereocenters. The van der Waals surface area contributed by atoms with Crippen molar-refractivity contribution < 1.29 is 13.2 Å². The number of amides is 1. The number of sulfonamides is 1. The Hall–Kier alpha value is -0.920.